The average Bonchev–Trinajstić information content (AvgIpc) is 2.71. The minimum Gasteiger partial charge on any atom is -0.368 e. The van der Waals surface area contributed by atoms with E-state index in [1.165, 1.54) is 0 Å². The van der Waals surface area contributed by atoms with E-state index in [1.807, 2.05) is 43.3 Å². The van der Waals surface area contributed by atoms with Crippen LogP contribution in [-0.4, -0.2) is 19.6 Å². The molecule has 2 heterocycles. The Labute approximate surface area is 97.9 Å². The first-order valence-corrected chi connectivity index (χ1v) is 5.29. The number of nitrogens with zero attached hydrogens (tertiary/aromatic N) is 4. The molecule has 1 aromatic carbocycles. The molecule has 2 N–H and O–H groups in total. The third-order valence-electron chi connectivity index (χ3n) is 2.50. The fourth-order valence-corrected chi connectivity index (χ4v) is 1.74. The molecule has 0 saturated carbocycles. The Hall–Kier alpha value is -2.43. The lowest BCUT2D eigenvalue weighted by molar-refractivity contribution is 0.896. The molecule has 17 heavy (non-hydrogen) atoms. The van der Waals surface area contributed by atoms with Gasteiger partial charge in [0.1, 0.15) is 0 Å². The molecule has 0 aliphatic carbocycles. The van der Waals surface area contributed by atoms with E-state index in [4.69, 9.17) is 5.73 Å². The van der Waals surface area contributed by atoms with Crippen LogP contribution in [0.15, 0.2) is 36.4 Å². The standard InChI is InChI=1S/C12H11N5/c1-8-7-10-14-11(9-5-3-2-4-6-9)15-12(13)17(10)16-8/h2-7H,1H3,(H2,13,14,15). The van der Waals surface area contributed by atoms with Crippen LogP contribution >= 0.6 is 0 Å². The predicted octanol–water partition coefficient (Wildman–Crippen LogP) is 1.68. The van der Waals surface area contributed by atoms with Crippen LogP contribution in [0.3, 0.4) is 0 Å². The monoisotopic (exact) mass is 225 g/mol. The van der Waals surface area contributed by atoms with Crippen LogP contribution in [0, 0.1) is 6.92 Å². The Morgan fingerprint density at radius 1 is 1.12 bits per heavy atom. The molecule has 0 amide bonds. The molecular formula is C12H11N5. The Morgan fingerprint density at radius 3 is 2.65 bits per heavy atom. The van der Waals surface area contributed by atoms with Crippen LogP contribution < -0.4 is 5.73 Å². The molecule has 0 aliphatic heterocycles. The number of aromatic nitrogens is 4. The normalized spacial score (nSPS) is 10.9. The van der Waals surface area contributed by atoms with Crippen molar-refractivity contribution in [1.29, 1.82) is 0 Å². The SMILES string of the molecule is Cc1cc2nc(-c3ccccc3)nc(N)n2n1. The molecule has 84 valence electrons. The Morgan fingerprint density at radius 2 is 1.88 bits per heavy atom. The third kappa shape index (κ3) is 1.61. The Balaban J connectivity index is 2.25. The minimum atomic E-state index is 0.349. The van der Waals surface area contributed by atoms with E-state index in [2.05, 4.69) is 15.1 Å². The van der Waals surface area contributed by atoms with E-state index < -0.39 is 0 Å². The minimum absolute atomic E-state index is 0.349. The number of anilines is 1. The lowest BCUT2D eigenvalue weighted by Gasteiger charge is -2.02. The molecule has 0 bridgehead atoms. The molecule has 0 fully saturated rings. The maximum atomic E-state index is 5.86. The van der Waals surface area contributed by atoms with Crippen molar-refractivity contribution in [2.75, 3.05) is 5.73 Å². The largest absolute Gasteiger partial charge is 0.368 e. The summed E-state index contributed by atoms with van der Waals surface area (Å²) in [6, 6.07) is 11.6. The molecule has 0 unspecified atom stereocenters. The Bertz CT molecular complexity index is 672. The summed E-state index contributed by atoms with van der Waals surface area (Å²) in [6.45, 7) is 1.90. The second-order valence-corrected chi connectivity index (χ2v) is 3.83. The van der Waals surface area contributed by atoms with Crippen molar-refractivity contribution >= 4 is 11.6 Å². The quantitative estimate of drug-likeness (QED) is 0.684. The van der Waals surface area contributed by atoms with Gasteiger partial charge in [-0.2, -0.15) is 14.6 Å². The highest BCUT2D eigenvalue weighted by molar-refractivity contribution is 5.59. The lowest BCUT2D eigenvalue weighted by atomic mass is 10.2. The molecule has 0 atom stereocenters. The zero-order valence-electron chi connectivity index (χ0n) is 9.33. The van der Waals surface area contributed by atoms with Gasteiger partial charge in [-0.1, -0.05) is 30.3 Å². The van der Waals surface area contributed by atoms with Gasteiger partial charge >= 0.3 is 0 Å². The first kappa shape index (κ1) is 9.77. The topological polar surface area (TPSA) is 69.1 Å². The van der Waals surface area contributed by atoms with E-state index >= 15 is 0 Å². The van der Waals surface area contributed by atoms with Crippen LogP contribution in [0.1, 0.15) is 5.69 Å². The first-order chi connectivity index (χ1) is 8.24. The van der Waals surface area contributed by atoms with E-state index in [-0.39, 0.29) is 0 Å². The van der Waals surface area contributed by atoms with Gasteiger partial charge in [0.15, 0.2) is 11.5 Å². The summed E-state index contributed by atoms with van der Waals surface area (Å²) in [7, 11) is 0. The summed E-state index contributed by atoms with van der Waals surface area (Å²) in [5.74, 6) is 0.970. The first-order valence-electron chi connectivity index (χ1n) is 5.29. The molecule has 0 saturated heterocycles. The van der Waals surface area contributed by atoms with Crippen LogP contribution in [-0.2, 0) is 0 Å². The number of nitrogen functional groups attached to an aromatic ring is 1. The predicted molar refractivity (Wildman–Crippen MR) is 65.4 cm³/mol. The van der Waals surface area contributed by atoms with Crippen molar-refractivity contribution in [2.24, 2.45) is 0 Å². The number of aryl methyl sites for hydroxylation is 1. The number of benzene rings is 1. The zero-order chi connectivity index (χ0) is 11.8. The van der Waals surface area contributed by atoms with Crippen LogP contribution in [0.25, 0.3) is 17.0 Å². The summed E-state index contributed by atoms with van der Waals surface area (Å²) in [4.78, 5) is 8.69. The molecule has 0 aliphatic rings. The molecule has 2 aromatic heterocycles. The summed E-state index contributed by atoms with van der Waals surface area (Å²) in [6.07, 6.45) is 0. The Kier molecular flexibility index (Phi) is 2.04. The van der Waals surface area contributed by atoms with Gasteiger partial charge in [-0.3, -0.25) is 0 Å². The summed E-state index contributed by atoms with van der Waals surface area (Å²) >= 11 is 0. The van der Waals surface area contributed by atoms with Crippen molar-refractivity contribution in [3.63, 3.8) is 0 Å². The van der Waals surface area contributed by atoms with Crippen LogP contribution in [0.5, 0.6) is 0 Å². The number of fused-ring (bicyclic) bond motifs is 1. The molecule has 3 aromatic rings. The van der Waals surface area contributed by atoms with Gasteiger partial charge in [0, 0.05) is 11.6 Å². The van der Waals surface area contributed by atoms with Gasteiger partial charge in [-0.05, 0) is 6.92 Å². The zero-order valence-corrected chi connectivity index (χ0v) is 9.33. The smallest absolute Gasteiger partial charge is 0.225 e. The second kappa shape index (κ2) is 3.55. The van der Waals surface area contributed by atoms with Gasteiger partial charge in [0.05, 0.1) is 5.69 Å². The highest BCUT2D eigenvalue weighted by Crippen LogP contribution is 2.17. The van der Waals surface area contributed by atoms with E-state index in [1.54, 1.807) is 4.52 Å². The number of rotatable bonds is 1. The van der Waals surface area contributed by atoms with Crippen molar-refractivity contribution in [3.8, 4) is 11.4 Å². The second-order valence-electron chi connectivity index (χ2n) is 3.83. The maximum Gasteiger partial charge on any atom is 0.225 e. The van der Waals surface area contributed by atoms with Crippen molar-refractivity contribution in [1.82, 2.24) is 19.6 Å². The maximum absolute atomic E-state index is 5.86. The summed E-state index contributed by atoms with van der Waals surface area (Å²) < 4.78 is 1.54. The van der Waals surface area contributed by atoms with E-state index in [9.17, 15) is 0 Å². The fourth-order valence-electron chi connectivity index (χ4n) is 1.74. The molecular weight excluding hydrogens is 214 g/mol. The van der Waals surface area contributed by atoms with E-state index in [0.29, 0.717) is 17.4 Å². The van der Waals surface area contributed by atoms with Gasteiger partial charge in [-0.25, -0.2) is 4.98 Å². The van der Waals surface area contributed by atoms with Gasteiger partial charge in [0.2, 0.25) is 5.95 Å². The van der Waals surface area contributed by atoms with Gasteiger partial charge < -0.3 is 5.73 Å². The lowest BCUT2D eigenvalue weighted by Crippen LogP contribution is -2.05. The average molecular weight is 225 g/mol. The highest BCUT2D eigenvalue weighted by atomic mass is 15.3. The van der Waals surface area contributed by atoms with E-state index in [0.717, 1.165) is 11.3 Å². The highest BCUT2D eigenvalue weighted by Gasteiger charge is 2.08. The van der Waals surface area contributed by atoms with Gasteiger partial charge in [-0.15, -0.1) is 0 Å². The third-order valence-corrected chi connectivity index (χ3v) is 2.50. The van der Waals surface area contributed by atoms with Gasteiger partial charge in [0.25, 0.3) is 0 Å². The molecule has 0 spiro atoms. The van der Waals surface area contributed by atoms with Crippen molar-refractivity contribution in [2.45, 2.75) is 6.92 Å². The molecule has 5 nitrogen and oxygen atoms in total. The molecule has 5 heteroatoms. The number of hydrogen-bond acceptors (Lipinski definition) is 4. The molecule has 3 rings (SSSR count). The summed E-state index contributed by atoms with van der Waals surface area (Å²) in [5.41, 5.74) is 8.39. The van der Waals surface area contributed by atoms with Crippen molar-refractivity contribution in [3.05, 3.63) is 42.1 Å². The summed E-state index contributed by atoms with van der Waals surface area (Å²) in [5, 5.41) is 4.21. The van der Waals surface area contributed by atoms with Crippen LogP contribution in [0.4, 0.5) is 5.95 Å². The number of hydrogen-bond donors (Lipinski definition) is 1. The fraction of sp³-hybridized carbons (Fsp3) is 0.0833. The van der Waals surface area contributed by atoms with Crippen molar-refractivity contribution < 1.29 is 0 Å². The number of nitrogens with two attached hydrogens (primary N) is 1. The molecule has 0 radical (unpaired) electrons. The van der Waals surface area contributed by atoms with Crippen LogP contribution in [0.2, 0.25) is 0 Å².